The number of anilines is 1. The maximum atomic E-state index is 12.7. The number of carbonyl (C=O) groups excluding carboxylic acids is 1. The zero-order valence-corrected chi connectivity index (χ0v) is 17.0. The van der Waals surface area contributed by atoms with E-state index in [1.54, 1.807) is 0 Å². The summed E-state index contributed by atoms with van der Waals surface area (Å²) in [5.41, 5.74) is 2.04. The number of carbonyl (C=O) groups is 1. The highest BCUT2D eigenvalue weighted by Gasteiger charge is 2.42. The molecular formula is C23H29N3O3. The van der Waals surface area contributed by atoms with E-state index in [1.807, 2.05) is 18.2 Å². The first-order chi connectivity index (χ1) is 14.1. The number of aromatic nitrogens is 1. The summed E-state index contributed by atoms with van der Waals surface area (Å²) in [5.74, 6) is 1.05. The van der Waals surface area contributed by atoms with E-state index in [4.69, 9.17) is 9.47 Å². The summed E-state index contributed by atoms with van der Waals surface area (Å²) in [6, 6.07) is 10.2. The van der Waals surface area contributed by atoms with Crippen LogP contribution in [0.3, 0.4) is 0 Å². The first kappa shape index (κ1) is 18.6. The van der Waals surface area contributed by atoms with Crippen molar-refractivity contribution in [3.05, 3.63) is 42.2 Å². The number of hydrogen-bond donors (Lipinski definition) is 1. The van der Waals surface area contributed by atoms with Gasteiger partial charge in [-0.1, -0.05) is 6.42 Å². The predicted octanol–water partition coefficient (Wildman–Crippen LogP) is 4.23. The van der Waals surface area contributed by atoms with Crippen molar-refractivity contribution in [3.63, 3.8) is 0 Å². The third-order valence-electron chi connectivity index (χ3n) is 6.47. The molecule has 154 valence electrons. The van der Waals surface area contributed by atoms with Gasteiger partial charge < -0.3 is 19.4 Å². The van der Waals surface area contributed by atoms with Crippen molar-refractivity contribution >= 4 is 11.6 Å². The summed E-state index contributed by atoms with van der Waals surface area (Å²) in [5, 5.41) is 3.05. The Bertz CT molecular complexity index is 901. The molecule has 3 aliphatic rings. The molecule has 1 spiro atoms. The molecule has 3 heterocycles. The van der Waals surface area contributed by atoms with Gasteiger partial charge in [-0.2, -0.15) is 0 Å². The second kappa shape index (κ2) is 7.41. The normalized spacial score (nSPS) is 22.9. The van der Waals surface area contributed by atoms with Gasteiger partial charge in [0.2, 0.25) is 5.91 Å². The molecule has 0 radical (unpaired) electrons. The van der Waals surface area contributed by atoms with Crippen LogP contribution in [0.25, 0.3) is 0 Å². The van der Waals surface area contributed by atoms with Gasteiger partial charge in [-0.3, -0.25) is 9.69 Å². The van der Waals surface area contributed by atoms with Gasteiger partial charge in [0.15, 0.2) is 11.5 Å². The fraction of sp³-hybridized carbons (Fsp3) is 0.522. The minimum Gasteiger partial charge on any atom is -0.448 e. The molecule has 1 aromatic heterocycles. The van der Waals surface area contributed by atoms with Crippen molar-refractivity contribution in [1.29, 1.82) is 0 Å². The fourth-order valence-corrected chi connectivity index (χ4v) is 5.02. The third-order valence-corrected chi connectivity index (χ3v) is 6.47. The number of nitrogens with zero attached hydrogens (tertiary/aromatic N) is 2. The summed E-state index contributed by atoms with van der Waals surface area (Å²) in [4.78, 5) is 15.0. The van der Waals surface area contributed by atoms with Gasteiger partial charge in [0, 0.05) is 43.5 Å². The van der Waals surface area contributed by atoms with Gasteiger partial charge in [0.05, 0.1) is 12.6 Å². The van der Waals surface area contributed by atoms with Gasteiger partial charge in [-0.15, -0.1) is 0 Å². The Morgan fingerprint density at radius 1 is 1.14 bits per heavy atom. The van der Waals surface area contributed by atoms with Crippen molar-refractivity contribution in [2.24, 2.45) is 7.05 Å². The van der Waals surface area contributed by atoms with Crippen LogP contribution in [-0.2, 0) is 11.8 Å². The van der Waals surface area contributed by atoms with Crippen molar-refractivity contribution in [2.75, 3.05) is 18.4 Å². The highest BCUT2D eigenvalue weighted by molar-refractivity contribution is 5.92. The van der Waals surface area contributed by atoms with Crippen LogP contribution in [0, 0.1) is 0 Å². The van der Waals surface area contributed by atoms with E-state index in [1.165, 1.54) is 12.1 Å². The van der Waals surface area contributed by atoms with Crippen LogP contribution in [0.1, 0.15) is 56.7 Å². The summed E-state index contributed by atoms with van der Waals surface area (Å²) in [6.07, 6.45) is 9.65. The predicted molar refractivity (Wildman–Crippen MR) is 111 cm³/mol. The molecular weight excluding hydrogens is 366 g/mol. The smallest absolute Gasteiger partial charge is 0.251 e. The SMILES string of the molecule is Cn1cccc1[C@H]1CCCN1CC(=O)Nc1ccc2c(c1)OC1(CCCCC1)O2. The standard InChI is InChI=1S/C23H29N3O3/c1-25-13-5-7-18(25)19-8-6-14-26(19)16-22(27)24-17-9-10-20-21(15-17)29-23(28-20)11-3-2-4-12-23/h5,7,9-10,13,15,19H,2-4,6,8,11-12,14,16H2,1H3,(H,24,27)/t19-/m1/s1. The van der Waals surface area contributed by atoms with Gasteiger partial charge in [-0.25, -0.2) is 0 Å². The highest BCUT2D eigenvalue weighted by atomic mass is 16.7. The van der Waals surface area contributed by atoms with E-state index in [9.17, 15) is 4.79 Å². The molecule has 0 bridgehead atoms. The lowest BCUT2D eigenvalue weighted by atomic mass is 9.94. The molecule has 1 saturated carbocycles. The Labute approximate surface area is 171 Å². The van der Waals surface area contributed by atoms with Crippen molar-refractivity contribution in [1.82, 2.24) is 9.47 Å². The first-order valence-electron chi connectivity index (χ1n) is 10.8. The van der Waals surface area contributed by atoms with Gasteiger partial charge in [-0.05, 0) is 56.5 Å². The van der Waals surface area contributed by atoms with Crippen molar-refractivity contribution in [2.45, 2.75) is 56.8 Å². The number of likely N-dealkylation sites (tertiary alicyclic amines) is 1. The van der Waals surface area contributed by atoms with Crippen LogP contribution < -0.4 is 14.8 Å². The number of amides is 1. The fourth-order valence-electron chi connectivity index (χ4n) is 5.02. The number of aryl methyl sites for hydroxylation is 1. The number of nitrogens with one attached hydrogen (secondary N) is 1. The number of hydrogen-bond acceptors (Lipinski definition) is 4. The molecule has 1 atom stereocenters. The minimum absolute atomic E-state index is 0.0114. The maximum Gasteiger partial charge on any atom is 0.251 e. The molecule has 1 amide bonds. The minimum atomic E-state index is -0.485. The molecule has 0 unspecified atom stereocenters. The number of ether oxygens (including phenoxy) is 2. The Morgan fingerprint density at radius 2 is 1.97 bits per heavy atom. The summed E-state index contributed by atoms with van der Waals surface area (Å²) < 4.78 is 14.5. The quantitative estimate of drug-likeness (QED) is 0.842. The van der Waals surface area contributed by atoms with Crippen LogP contribution in [0.2, 0.25) is 0 Å². The van der Waals surface area contributed by atoms with Gasteiger partial charge >= 0.3 is 0 Å². The largest absolute Gasteiger partial charge is 0.448 e. The maximum absolute atomic E-state index is 12.7. The molecule has 1 aliphatic carbocycles. The molecule has 6 nitrogen and oxygen atoms in total. The Morgan fingerprint density at radius 3 is 2.76 bits per heavy atom. The zero-order chi connectivity index (χ0) is 19.8. The number of benzene rings is 1. The van der Waals surface area contributed by atoms with Crippen LogP contribution in [0.5, 0.6) is 11.5 Å². The van der Waals surface area contributed by atoms with Crippen LogP contribution in [0.4, 0.5) is 5.69 Å². The molecule has 1 N–H and O–H groups in total. The molecule has 2 fully saturated rings. The molecule has 2 aliphatic heterocycles. The molecule has 1 saturated heterocycles. The Kier molecular flexibility index (Phi) is 4.74. The lowest BCUT2D eigenvalue weighted by Gasteiger charge is -2.31. The monoisotopic (exact) mass is 395 g/mol. The van der Waals surface area contributed by atoms with Gasteiger partial charge in [0.1, 0.15) is 0 Å². The summed E-state index contributed by atoms with van der Waals surface area (Å²) in [6.45, 7) is 1.35. The lowest BCUT2D eigenvalue weighted by molar-refractivity contribution is -0.117. The topological polar surface area (TPSA) is 55.7 Å². The van der Waals surface area contributed by atoms with E-state index in [-0.39, 0.29) is 5.91 Å². The Balaban J connectivity index is 1.23. The lowest BCUT2D eigenvalue weighted by Crippen LogP contribution is -2.40. The molecule has 29 heavy (non-hydrogen) atoms. The first-order valence-corrected chi connectivity index (χ1v) is 10.8. The van der Waals surface area contributed by atoms with E-state index < -0.39 is 5.79 Å². The number of fused-ring (bicyclic) bond motifs is 1. The van der Waals surface area contributed by atoms with Crippen molar-refractivity contribution in [3.8, 4) is 11.5 Å². The highest BCUT2D eigenvalue weighted by Crippen LogP contribution is 2.46. The summed E-state index contributed by atoms with van der Waals surface area (Å²) in [7, 11) is 2.07. The molecule has 5 rings (SSSR count). The van der Waals surface area contributed by atoms with E-state index in [0.29, 0.717) is 12.6 Å². The zero-order valence-electron chi connectivity index (χ0n) is 17.0. The van der Waals surface area contributed by atoms with Crippen LogP contribution >= 0.6 is 0 Å². The summed E-state index contributed by atoms with van der Waals surface area (Å²) >= 11 is 0. The molecule has 6 heteroatoms. The average molecular weight is 396 g/mol. The van der Waals surface area contributed by atoms with E-state index in [2.05, 4.69) is 40.2 Å². The number of rotatable bonds is 4. The Hall–Kier alpha value is -2.47. The van der Waals surface area contributed by atoms with Crippen molar-refractivity contribution < 1.29 is 14.3 Å². The van der Waals surface area contributed by atoms with Gasteiger partial charge in [0.25, 0.3) is 5.79 Å². The van der Waals surface area contributed by atoms with E-state index in [0.717, 1.165) is 62.3 Å². The van der Waals surface area contributed by atoms with Crippen LogP contribution in [-0.4, -0.2) is 34.3 Å². The second-order valence-electron chi connectivity index (χ2n) is 8.56. The van der Waals surface area contributed by atoms with Crippen LogP contribution in [0.15, 0.2) is 36.5 Å². The van der Waals surface area contributed by atoms with E-state index >= 15 is 0 Å². The average Bonchev–Trinajstić information content (AvgIpc) is 3.40. The molecule has 1 aromatic carbocycles. The molecule has 2 aromatic rings. The third kappa shape index (κ3) is 3.62. The second-order valence-corrected chi connectivity index (χ2v) is 8.56.